The maximum Gasteiger partial charge on any atom is 0.119 e. The Morgan fingerprint density at radius 3 is 2.77 bits per heavy atom. The fourth-order valence-electron chi connectivity index (χ4n) is 2.66. The number of hydrogen-bond donors (Lipinski definition) is 1. The van der Waals surface area contributed by atoms with Crippen molar-refractivity contribution < 1.29 is 9.47 Å². The average Bonchev–Trinajstić information content (AvgIpc) is 3.05. The molecule has 2 aromatic carbocycles. The Morgan fingerprint density at radius 2 is 2.05 bits per heavy atom. The Labute approximate surface area is 132 Å². The molecule has 2 aromatic rings. The van der Waals surface area contributed by atoms with E-state index in [1.165, 1.54) is 11.1 Å². The molecule has 1 unspecified atom stereocenters. The summed E-state index contributed by atoms with van der Waals surface area (Å²) in [6.07, 6.45) is 2.52. The highest BCUT2D eigenvalue weighted by atomic mass is 16.5. The molecule has 116 valence electrons. The lowest BCUT2D eigenvalue weighted by Crippen LogP contribution is -2.16. The smallest absolute Gasteiger partial charge is 0.119 e. The molecule has 1 aliphatic heterocycles. The molecule has 0 saturated carbocycles. The second-order valence-corrected chi connectivity index (χ2v) is 5.81. The van der Waals surface area contributed by atoms with Crippen LogP contribution in [0.3, 0.4) is 0 Å². The molecule has 3 rings (SSSR count). The summed E-state index contributed by atoms with van der Waals surface area (Å²) >= 11 is 0. The van der Waals surface area contributed by atoms with Gasteiger partial charge in [0.1, 0.15) is 12.4 Å². The van der Waals surface area contributed by atoms with E-state index in [-0.39, 0.29) is 6.10 Å². The van der Waals surface area contributed by atoms with Crippen molar-refractivity contribution in [3.63, 3.8) is 0 Å². The molecule has 22 heavy (non-hydrogen) atoms. The van der Waals surface area contributed by atoms with Gasteiger partial charge in [-0.25, -0.2) is 0 Å². The molecular formula is C19H23NO2. The van der Waals surface area contributed by atoms with E-state index < -0.39 is 0 Å². The summed E-state index contributed by atoms with van der Waals surface area (Å²) in [6.45, 7) is 4.47. The Bertz CT molecular complexity index is 589. The van der Waals surface area contributed by atoms with Gasteiger partial charge in [0.25, 0.3) is 0 Å². The highest BCUT2D eigenvalue weighted by Gasteiger charge is 2.15. The standard InChI is InChI=1S/C19H23NO2/c1-15-4-2-5-16(12-15)13-20-17-7-9-18(10-8-17)22-14-19-6-3-11-21-19/h2,4-5,7-10,12,19-20H,3,6,11,13-14H2,1H3. The number of rotatable bonds is 6. The van der Waals surface area contributed by atoms with Gasteiger partial charge in [0.05, 0.1) is 6.10 Å². The number of hydrogen-bond acceptors (Lipinski definition) is 3. The molecule has 0 bridgehead atoms. The van der Waals surface area contributed by atoms with Gasteiger partial charge in [-0.15, -0.1) is 0 Å². The SMILES string of the molecule is Cc1cccc(CNc2ccc(OCC3CCCO3)cc2)c1. The maximum atomic E-state index is 5.77. The molecule has 0 aliphatic carbocycles. The van der Waals surface area contributed by atoms with E-state index in [0.29, 0.717) is 6.61 Å². The lowest BCUT2D eigenvalue weighted by atomic mass is 10.1. The molecule has 1 heterocycles. The van der Waals surface area contributed by atoms with E-state index >= 15 is 0 Å². The zero-order chi connectivity index (χ0) is 15.2. The van der Waals surface area contributed by atoms with Crippen molar-refractivity contribution in [1.29, 1.82) is 0 Å². The molecule has 0 amide bonds. The second-order valence-electron chi connectivity index (χ2n) is 5.81. The van der Waals surface area contributed by atoms with E-state index in [2.05, 4.69) is 48.6 Å². The van der Waals surface area contributed by atoms with Crippen LogP contribution in [0, 0.1) is 6.92 Å². The molecule has 0 aromatic heterocycles. The highest BCUT2D eigenvalue weighted by Crippen LogP contribution is 2.19. The minimum Gasteiger partial charge on any atom is -0.491 e. The molecular weight excluding hydrogens is 274 g/mol. The van der Waals surface area contributed by atoms with Gasteiger partial charge in [-0.3, -0.25) is 0 Å². The normalized spacial score (nSPS) is 17.4. The van der Waals surface area contributed by atoms with E-state index in [9.17, 15) is 0 Å². The molecule has 1 saturated heterocycles. The molecule has 0 radical (unpaired) electrons. The summed E-state index contributed by atoms with van der Waals surface area (Å²) in [5.74, 6) is 0.900. The first-order valence-corrected chi connectivity index (χ1v) is 7.93. The van der Waals surface area contributed by atoms with Crippen LogP contribution < -0.4 is 10.1 Å². The fourth-order valence-corrected chi connectivity index (χ4v) is 2.66. The number of benzene rings is 2. The van der Waals surface area contributed by atoms with Gasteiger partial charge in [-0.2, -0.15) is 0 Å². The van der Waals surface area contributed by atoms with Crippen LogP contribution in [0.4, 0.5) is 5.69 Å². The van der Waals surface area contributed by atoms with Crippen molar-refractivity contribution in [2.24, 2.45) is 0 Å². The van der Waals surface area contributed by atoms with Gasteiger partial charge in [-0.05, 0) is 49.6 Å². The molecule has 1 N–H and O–H groups in total. The molecule has 0 spiro atoms. The topological polar surface area (TPSA) is 30.5 Å². The van der Waals surface area contributed by atoms with Gasteiger partial charge in [0.15, 0.2) is 0 Å². The molecule has 1 atom stereocenters. The lowest BCUT2D eigenvalue weighted by molar-refractivity contribution is 0.0679. The van der Waals surface area contributed by atoms with E-state index in [1.807, 2.05) is 12.1 Å². The van der Waals surface area contributed by atoms with Crippen LogP contribution in [0.2, 0.25) is 0 Å². The zero-order valence-electron chi connectivity index (χ0n) is 13.0. The second kappa shape index (κ2) is 7.32. The van der Waals surface area contributed by atoms with Gasteiger partial charge < -0.3 is 14.8 Å². The average molecular weight is 297 g/mol. The summed E-state index contributed by atoms with van der Waals surface area (Å²) in [7, 11) is 0. The third kappa shape index (κ3) is 4.25. The number of ether oxygens (including phenoxy) is 2. The Hall–Kier alpha value is -2.00. The summed E-state index contributed by atoms with van der Waals surface area (Å²) in [6, 6.07) is 16.7. The first-order chi connectivity index (χ1) is 10.8. The molecule has 3 nitrogen and oxygen atoms in total. The predicted molar refractivity (Wildman–Crippen MR) is 89.4 cm³/mol. The van der Waals surface area contributed by atoms with Crippen LogP contribution in [-0.4, -0.2) is 19.3 Å². The fraction of sp³-hybridized carbons (Fsp3) is 0.368. The van der Waals surface area contributed by atoms with Gasteiger partial charge in [0, 0.05) is 18.8 Å². The number of anilines is 1. The first-order valence-electron chi connectivity index (χ1n) is 7.93. The Morgan fingerprint density at radius 1 is 1.18 bits per heavy atom. The molecule has 3 heteroatoms. The van der Waals surface area contributed by atoms with Crippen molar-refractivity contribution in [2.45, 2.75) is 32.4 Å². The lowest BCUT2D eigenvalue weighted by Gasteiger charge is -2.12. The Kier molecular flexibility index (Phi) is 4.96. The summed E-state index contributed by atoms with van der Waals surface area (Å²) in [5.41, 5.74) is 3.68. The summed E-state index contributed by atoms with van der Waals surface area (Å²) in [4.78, 5) is 0. The van der Waals surface area contributed by atoms with E-state index in [0.717, 1.165) is 37.4 Å². The number of nitrogens with one attached hydrogen (secondary N) is 1. The third-order valence-corrected chi connectivity index (χ3v) is 3.89. The van der Waals surface area contributed by atoms with E-state index in [4.69, 9.17) is 9.47 Å². The van der Waals surface area contributed by atoms with Crippen molar-refractivity contribution in [2.75, 3.05) is 18.5 Å². The quantitative estimate of drug-likeness (QED) is 0.868. The molecule has 1 aliphatic rings. The van der Waals surface area contributed by atoms with Crippen molar-refractivity contribution in [3.05, 3.63) is 59.7 Å². The highest BCUT2D eigenvalue weighted by molar-refractivity contribution is 5.46. The minimum absolute atomic E-state index is 0.263. The van der Waals surface area contributed by atoms with Crippen molar-refractivity contribution >= 4 is 5.69 Å². The van der Waals surface area contributed by atoms with Crippen LogP contribution in [0.1, 0.15) is 24.0 Å². The van der Waals surface area contributed by atoms with Crippen molar-refractivity contribution in [3.8, 4) is 5.75 Å². The van der Waals surface area contributed by atoms with Crippen LogP contribution in [0.5, 0.6) is 5.75 Å². The predicted octanol–water partition coefficient (Wildman–Crippen LogP) is 4.16. The van der Waals surface area contributed by atoms with Crippen LogP contribution >= 0.6 is 0 Å². The minimum atomic E-state index is 0.263. The maximum absolute atomic E-state index is 5.77. The third-order valence-electron chi connectivity index (χ3n) is 3.89. The largest absolute Gasteiger partial charge is 0.491 e. The van der Waals surface area contributed by atoms with Gasteiger partial charge in [0.2, 0.25) is 0 Å². The molecule has 1 fully saturated rings. The van der Waals surface area contributed by atoms with Crippen molar-refractivity contribution in [1.82, 2.24) is 0 Å². The first kappa shape index (κ1) is 14.9. The van der Waals surface area contributed by atoms with E-state index in [1.54, 1.807) is 0 Å². The zero-order valence-corrected chi connectivity index (χ0v) is 13.0. The number of aryl methyl sites for hydroxylation is 1. The monoisotopic (exact) mass is 297 g/mol. The summed E-state index contributed by atoms with van der Waals surface area (Å²) < 4.78 is 11.3. The van der Waals surface area contributed by atoms with Crippen LogP contribution in [0.25, 0.3) is 0 Å². The van der Waals surface area contributed by atoms with Gasteiger partial charge in [-0.1, -0.05) is 29.8 Å². The van der Waals surface area contributed by atoms with Crippen LogP contribution in [0.15, 0.2) is 48.5 Å². The van der Waals surface area contributed by atoms with Crippen LogP contribution in [-0.2, 0) is 11.3 Å². The van der Waals surface area contributed by atoms with Gasteiger partial charge >= 0.3 is 0 Å². The summed E-state index contributed by atoms with van der Waals surface area (Å²) in [5, 5.41) is 3.43. The Balaban J connectivity index is 1.48.